The van der Waals surface area contributed by atoms with E-state index >= 15 is 0 Å². The van der Waals surface area contributed by atoms with Crippen LogP contribution in [-0.4, -0.2) is 0 Å². The lowest BCUT2D eigenvalue weighted by molar-refractivity contribution is 0.641. The number of unbranched alkanes of at least 4 members (excludes halogenated alkanes) is 5. The summed E-state index contributed by atoms with van der Waals surface area (Å²) in [4.78, 5) is 0. The fourth-order valence-corrected chi connectivity index (χ4v) is 1.62. The smallest absolute Gasteiger partial charge is 0.0245 e. The molecule has 1 aromatic rings. The molecule has 16 heavy (non-hydrogen) atoms. The van der Waals surface area contributed by atoms with Crippen molar-refractivity contribution in [3.63, 3.8) is 0 Å². The SMILES string of the molecule is CCCCCCCC#Cc1ccc(C)cc1. The van der Waals surface area contributed by atoms with Crippen LogP contribution in [0.4, 0.5) is 0 Å². The molecule has 0 nitrogen and oxygen atoms in total. The van der Waals surface area contributed by atoms with Crippen LogP contribution in [0.2, 0.25) is 0 Å². The number of hydrogen-bond acceptors (Lipinski definition) is 0. The van der Waals surface area contributed by atoms with Gasteiger partial charge in [-0.25, -0.2) is 0 Å². The summed E-state index contributed by atoms with van der Waals surface area (Å²) in [7, 11) is 0. The van der Waals surface area contributed by atoms with Crippen LogP contribution in [0, 0.1) is 18.8 Å². The van der Waals surface area contributed by atoms with E-state index in [0.717, 1.165) is 12.0 Å². The van der Waals surface area contributed by atoms with Gasteiger partial charge in [0, 0.05) is 12.0 Å². The summed E-state index contributed by atoms with van der Waals surface area (Å²) in [6.45, 7) is 4.35. The highest BCUT2D eigenvalue weighted by molar-refractivity contribution is 5.35. The number of rotatable bonds is 5. The van der Waals surface area contributed by atoms with Crippen molar-refractivity contribution < 1.29 is 0 Å². The summed E-state index contributed by atoms with van der Waals surface area (Å²) in [5, 5.41) is 0. The van der Waals surface area contributed by atoms with Crippen molar-refractivity contribution in [2.24, 2.45) is 0 Å². The van der Waals surface area contributed by atoms with E-state index < -0.39 is 0 Å². The fraction of sp³-hybridized carbons (Fsp3) is 0.500. The van der Waals surface area contributed by atoms with Gasteiger partial charge in [0.05, 0.1) is 0 Å². The molecule has 0 fully saturated rings. The van der Waals surface area contributed by atoms with E-state index in [-0.39, 0.29) is 0 Å². The minimum atomic E-state index is 1.04. The zero-order valence-electron chi connectivity index (χ0n) is 10.6. The quantitative estimate of drug-likeness (QED) is 0.492. The Labute approximate surface area is 100 Å². The lowest BCUT2D eigenvalue weighted by atomic mass is 10.1. The molecule has 0 spiro atoms. The molecule has 0 N–H and O–H groups in total. The third-order valence-electron chi connectivity index (χ3n) is 2.69. The number of aryl methyl sites for hydroxylation is 1. The predicted octanol–water partition coefficient (Wildman–Crippen LogP) is 4.71. The molecular weight excluding hydrogens is 192 g/mol. The van der Waals surface area contributed by atoms with Gasteiger partial charge in [-0.05, 0) is 25.5 Å². The van der Waals surface area contributed by atoms with Crippen LogP contribution in [0.1, 0.15) is 56.6 Å². The first-order valence-corrected chi connectivity index (χ1v) is 6.38. The van der Waals surface area contributed by atoms with Gasteiger partial charge in [-0.3, -0.25) is 0 Å². The van der Waals surface area contributed by atoms with Gasteiger partial charge in [0.25, 0.3) is 0 Å². The van der Waals surface area contributed by atoms with Crippen molar-refractivity contribution in [2.75, 3.05) is 0 Å². The Balaban J connectivity index is 2.20. The van der Waals surface area contributed by atoms with Gasteiger partial charge in [-0.2, -0.15) is 0 Å². The van der Waals surface area contributed by atoms with Crippen LogP contribution < -0.4 is 0 Å². The Morgan fingerprint density at radius 3 is 2.31 bits per heavy atom. The van der Waals surface area contributed by atoms with Crippen LogP contribution in [-0.2, 0) is 0 Å². The average molecular weight is 214 g/mol. The topological polar surface area (TPSA) is 0 Å². The highest BCUT2D eigenvalue weighted by Crippen LogP contribution is 2.05. The molecule has 0 saturated heterocycles. The van der Waals surface area contributed by atoms with Crippen molar-refractivity contribution in [1.82, 2.24) is 0 Å². The maximum absolute atomic E-state index is 3.25. The van der Waals surface area contributed by atoms with E-state index in [1.54, 1.807) is 0 Å². The normalized spacial score (nSPS) is 9.62. The van der Waals surface area contributed by atoms with Gasteiger partial charge in [-0.15, -0.1) is 0 Å². The molecule has 0 aromatic heterocycles. The third-order valence-corrected chi connectivity index (χ3v) is 2.69. The molecular formula is C16H22. The summed E-state index contributed by atoms with van der Waals surface area (Å²) in [6.07, 6.45) is 7.66. The van der Waals surface area contributed by atoms with E-state index in [1.807, 2.05) is 0 Å². The molecule has 0 aliphatic heterocycles. The van der Waals surface area contributed by atoms with Crippen LogP contribution >= 0.6 is 0 Å². The maximum atomic E-state index is 3.25. The second-order valence-corrected chi connectivity index (χ2v) is 4.33. The van der Waals surface area contributed by atoms with E-state index in [4.69, 9.17) is 0 Å². The molecule has 0 aliphatic rings. The summed E-state index contributed by atoms with van der Waals surface area (Å²) in [6, 6.07) is 8.43. The molecule has 0 heterocycles. The van der Waals surface area contributed by atoms with Gasteiger partial charge in [0.2, 0.25) is 0 Å². The molecule has 1 rings (SSSR count). The van der Waals surface area contributed by atoms with Gasteiger partial charge >= 0.3 is 0 Å². The van der Waals surface area contributed by atoms with Gasteiger partial charge in [-0.1, -0.05) is 62.1 Å². The second-order valence-electron chi connectivity index (χ2n) is 4.33. The van der Waals surface area contributed by atoms with E-state index in [2.05, 4.69) is 50.0 Å². The van der Waals surface area contributed by atoms with Crippen LogP contribution in [0.25, 0.3) is 0 Å². The molecule has 0 heteroatoms. The standard InChI is InChI=1S/C16H22/c1-3-4-5-6-7-8-9-10-16-13-11-15(2)12-14-16/h11-14H,3-8H2,1-2H3. The van der Waals surface area contributed by atoms with Crippen molar-refractivity contribution in [2.45, 2.75) is 52.4 Å². The minimum absolute atomic E-state index is 1.04. The Bertz CT molecular complexity index is 335. The van der Waals surface area contributed by atoms with Crippen molar-refractivity contribution in [3.8, 4) is 11.8 Å². The van der Waals surface area contributed by atoms with Gasteiger partial charge in [0.1, 0.15) is 0 Å². The first-order chi connectivity index (χ1) is 7.83. The lowest BCUT2D eigenvalue weighted by Gasteiger charge is -1.95. The summed E-state index contributed by atoms with van der Waals surface area (Å²) in [5.41, 5.74) is 2.43. The summed E-state index contributed by atoms with van der Waals surface area (Å²) >= 11 is 0. The average Bonchev–Trinajstić information content (AvgIpc) is 2.30. The van der Waals surface area contributed by atoms with Crippen LogP contribution in [0.5, 0.6) is 0 Å². The molecule has 86 valence electrons. The van der Waals surface area contributed by atoms with E-state index in [1.165, 1.54) is 37.7 Å². The Kier molecular flexibility index (Phi) is 6.42. The van der Waals surface area contributed by atoms with Crippen molar-refractivity contribution in [3.05, 3.63) is 35.4 Å². The number of benzene rings is 1. The first kappa shape index (κ1) is 12.8. The molecule has 0 bridgehead atoms. The number of hydrogen-bond donors (Lipinski definition) is 0. The van der Waals surface area contributed by atoms with Crippen molar-refractivity contribution >= 4 is 0 Å². The van der Waals surface area contributed by atoms with Gasteiger partial charge in [0.15, 0.2) is 0 Å². The highest BCUT2D eigenvalue weighted by Gasteiger charge is 1.87. The van der Waals surface area contributed by atoms with Gasteiger partial charge < -0.3 is 0 Å². The lowest BCUT2D eigenvalue weighted by Crippen LogP contribution is -1.77. The molecule has 1 aromatic carbocycles. The second kappa shape index (κ2) is 7.99. The van der Waals surface area contributed by atoms with E-state index in [0.29, 0.717) is 0 Å². The monoisotopic (exact) mass is 214 g/mol. The minimum Gasteiger partial charge on any atom is -0.0979 e. The maximum Gasteiger partial charge on any atom is 0.0245 e. The Hall–Kier alpha value is -1.22. The third kappa shape index (κ3) is 5.61. The predicted molar refractivity (Wildman–Crippen MR) is 71.4 cm³/mol. The molecule has 0 unspecified atom stereocenters. The molecule has 0 atom stereocenters. The molecule has 0 aliphatic carbocycles. The fourth-order valence-electron chi connectivity index (χ4n) is 1.62. The zero-order chi connectivity index (χ0) is 11.6. The zero-order valence-corrected chi connectivity index (χ0v) is 10.6. The molecule has 0 saturated carbocycles. The largest absolute Gasteiger partial charge is 0.0979 e. The molecule has 0 radical (unpaired) electrons. The first-order valence-electron chi connectivity index (χ1n) is 6.38. The molecule has 0 amide bonds. The summed E-state index contributed by atoms with van der Waals surface area (Å²) in [5.74, 6) is 6.46. The highest BCUT2D eigenvalue weighted by atomic mass is 13.9. The Morgan fingerprint density at radius 2 is 1.62 bits per heavy atom. The van der Waals surface area contributed by atoms with E-state index in [9.17, 15) is 0 Å². The van der Waals surface area contributed by atoms with Crippen LogP contribution in [0.15, 0.2) is 24.3 Å². The summed E-state index contributed by atoms with van der Waals surface area (Å²) < 4.78 is 0. The Morgan fingerprint density at radius 1 is 0.938 bits per heavy atom. The van der Waals surface area contributed by atoms with Crippen molar-refractivity contribution in [1.29, 1.82) is 0 Å². The van der Waals surface area contributed by atoms with Crippen LogP contribution in [0.3, 0.4) is 0 Å².